The van der Waals surface area contributed by atoms with Gasteiger partial charge in [-0.3, -0.25) is 0 Å². The standard InChI is InChI=1S/C16H31NO/c1-7-14(5)16(18,15(6)8-2)12-11-13-17(9-3)10-4/h7-8,18H,9-13H2,1-6H3/b14-7+,15-8+. The Hall–Kier alpha value is -0.600. The molecule has 2 nitrogen and oxygen atoms in total. The molecule has 106 valence electrons. The van der Waals surface area contributed by atoms with Crippen molar-refractivity contribution in [3.63, 3.8) is 0 Å². The molecule has 0 unspecified atom stereocenters. The number of allylic oxidation sites excluding steroid dienone is 2. The van der Waals surface area contributed by atoms with Gasteiger partial charge in [0.05, 0.1) is 0 Å². The van der Waals surface area contributed by atoms with E-state index in [1.54, 1.807) is 0 Å². The lowest BCUT2D eigenvalue weighted by atomic mass is 9.83. The van der Waals surface area contributed by atoms with Gasteiger partial charge in [0.1, 0.15) is 5.60 Å². The number of aliphatic hydroxyl groups is 1. The van der Waals surface area contributed by atoms with Crippen molar-refractivity contribution in [2.75, 3.05) is 19.6 Å². The fraction of sp³-hybridized carbons (Fsp3) is 0.750. The molecular weight excluding hydrogens is 222 g/mol. The number of rotatable bonds is 8. The van der Waals surface area contributed by atoms with Crippen molar-refractivity contribution < 1.29 is 5.11 Å². The molecule has 0 aliphatic carbocycles. The summed E-state index contributed by atoms with van der Waals surface area (Å²) in [6.45, 7) is 15.6. The van der Waals surface area contributed by atoms with Crippen molar-refractivity contribution in [3.8, 4) is 0 Å². The van der Waals surface area contributed by atoms with Crippen LogP contribution in [0, 0.1) is 0 Å². The van der Waals surface area contributed by atoms with Gasteiger partial charge in [0.2, 0.25) is 0 Å². The zero-order valence-corrected chi connectivity index (χ0v) is 13.1. The van der Waals surface area contributed by atoms with Gasteiger partial charge in [-0.2, -0.15) is 0 Å². The van der Waals surface area contributed by atoms with Gasteiger partial charge in [-0.25, -0.2) is 0 Å². The fourth-order valence-electron chi connectivity index (χ4n) is 2.28. The molecule has 0 saturated carbocycles. The second kappa shape index (κ2) is 8.49. The highest BCUT2D eigenvalue weighted by molar-refractivity contribution is 5.29. The first-order valence-corrected chi connectivity index (χ1v) is 7.17. The number of hydrogen-bond donors (Lipinski definition) is 1. The van der Waals surface area contributed by atoms with Gasteiger partial charge in [-0.05, 0) is 71.3 Å². The van der Waals surface area contributed by atoms with E-state index < -0.39 is 5.60 Å². The van der Waals surface area contributed by atoms with Crippen molar-refractivity contribution in [1.82, 2.24) is 4.90 Å². The van der Waals surface area contributed by atoms with Crippen LogP contribution in [0.3, 0.4) is 0 Å². The van der Waals surface area contributed by atoms with E-state index in [4.69, 9.17) is 0 Å². The minimum absolute atomic E-state index is 0.753. The highest BCUT2D eigenvalue weighted by Crippen LogP contribution is 2.30. The summed E-state index contributed by atoms with van der Waals surface area (Å²) in [4.78, 5) is 2.40. The van der Waals surface area contributed by atoms with Crippen LogP contribution < -0.4 is 0 Å². The Kier molecular flexibility index (Phi) is 8.21. The molecule has 0 bridgehead atoms. The van der Waals surface area contributed by atoms with Crippen LogP contribution in [0.25, 0.3) is 0 Å². The molecule has 0 amide bonds. The summed E-state index contributed by atoms with van der Waals surface area (Å²) in [6.07, 6.45) is 5.86. The van der Waals surface area contributed by atoms with Gasteiger partial charge in [0.25, 0.3) is 0 Å². The minimum Gasteiger partial charge on any atom is -0.381 e. The maximum absolute atomic E-state index is 10.9. The van der Waals surface area contributed by atoms with E-state index in [1.165, 1.54) is 0 Å². The summed E-state index contributed by atoms with van der Waals surface area (Å²) in [6, 6.07) is 0. The van der Waals surface area contributed by atoms with E-state index in [0.29, 0.717) is 0 Å². The largest absolute Gasteiger partial charge is 0.381 e. The van der Waals surface area contributed by atoms with Crippen LogP contribution in [0.5, 0.6) is 0 Å². The fourth-order valence-corrected chi connectivity index (χ4v) is 2.28. The Morgan fingerprint density at radius 1 is 1.06 bits per heavy atom. The van der Waals surface area contributed by atoms with E-state index in [9.17, 15) is 5.11 Å². The molecule has 0 aromatic carbocycles. The lowest BCUT2D eigenvalue weighted by Crippen LogP contribution is -2.33. The van der Waals surface area contributed by atoms with Crippen molar-refractivity contribution in [2.45, 2.75) is 60.0 Å². The van der Waals surface area contributed by atoms with Gasteiger partial charge in [0, 0.05) is 0 Å². The lowest BCUT2D eigenvalue weighted by molar-refractivity contribution is 0.0994. The average molecular weight is 253 g/mol. The monoisotopic (exact) mass is 253 g/mol. The zero-order valence-electron chi connectivity index (χ0n) is 13.1. The Balaban J connectivity index is 4.64. The van der Waals surface area contributed by atoms with Crippen molar-refractivity contribution in [2.24, 2.45) is 0 Å². The maximum atomic E-state index is 10.9. The highest BCUT2D eigenvalue weighted by Gasteiger charge is 2.29. The minimum atomic E-state index is -0.753. The first-order valence-electron chi connectivity index (χ1n) is 7.17. The Labute approximate surface area is 113 Å². The molecule has 0 aliphatic rings. The molecule has 0 atom stereocenters. The Morgan fingerprint density at radius 3 is 1.83 bits per heavy atom. The van der Waals surface area contributed by atoms with E-state index in [0.717, 1.165) is 43.6 Å². The molecule has 2 heteroatoms. The normalized spacial score (nSPS) is 17.1. The van der Waals surface area contributed by atoms with Gasteiger partial charge in [-0.15, -0.1) is 0 Å². The number of nitrogens with zero attached hydrogens (tertiary/aromatic N) is 1. The quantitative estimate of drug-likeness (QED) is 0.666. The molecule has 0 radical (unpaired) electrons. The van der Waals surface area contributed by atoms with Crippen molar-refractivity contribution in [3.05, 3.63) is 23.3 Å². The van der Waals surface area contributed by atoms with Crippen molar-refractivity contribution >= 4 is 0 Å². The molecule has 0 rings (SSSR count). The molecular formula is C16H31NO. The van der Waals surface area contributed by atoms with Crippen LogP contribution in [0.1, 0.15) is 54.4 Å². The average Bonchev–Trinajstić information content (AvgIpc) is 2.41. The lowest BCUT2D eigenvalue weighted by Gasteiger charge is -2.31. The first kappa shape index (κ1) is 17.4. The van der Waals surface area contributed by atoms with Crippen molar-refractivity contribution in [1.29, 1.82) is 0 Å². The molecule has 0 aromatic rings. The second-order valence-corrected chi connectivity index (χ2v) is 4.93. The van der Waals surface area contributed by atoms with E-state index in [1.807, 2.05) is 39.8 Å². The molecule has 0 heterocycles. The topological polar surface area (TPSA) is 23.5 Å². The van der Waals surface area contributed by atoms with Crippen LogP contribution in [0.4, 0.5) is 0 Å². The Bertz CT molecular complexity index is 269. The Morgan fingerprint density at radius 2 is 1.50 bits per heavy atom. The third-order valence-corrected chi connectivity index (χ3v) is 4.08. The SMILES string of the molecule is C/C=C(\C)C(O)(CCCN(CC)CC)/C(C)=C/C. The molecule has 0 aromatic heterocycles. The van der Waals surface area contributed by atoms with E-state index in [-0.39, 0.29) is 0 Å². The predicted octanol–water partition coefficient (Wildman–Crippen LogP) is 3.77. The summed E-state index contributed by atoms with van der Waals surface area (Å²) in [7, 11) is 0. The summed E-state index contributed by atoms with van der Waals surface area (Å²) < 4.78 is 0. The van der Waals surface area contributed by atoms with Gasteiger partial charge in [-0.1, -0.05) is 26.0 Å². The van der Waals surface area contributed by atoms with Crippen LogP contribution in [0.15, 0.2) is 23.3 Å². The third kappa shape index (κ3) is 4.58. The molecule has 1 N–H and O–H groups in total. The first-order chi connectivity index (χ1) is 8.46. The molecule has 0 fully saturated rings. The van der Waals surface area contributed by atoms with E-state index in [2.05, 4.69) is 18.7 Å². The van der Waals surface area contributed by atoms with Crippen LogP contribution in [-0.2, 0) is 0 Å². The summed E-state index contributed by atoms with van der Waals surface area (Å²) in [5.74, 6) is 0. The van der Waals surface area contributed by atoms with Gasteiger partial charge >= 0.3 is 0 Å². The summed E-state index contributed by atoms with van der Waals surface area (Å²) in [5.41, 5.74) is 1.35. The second-order valence-electron chi connectivity index (χ2n) is 4.93. The van der Waals surface area contributed by atoms with E-state index >= 15 is 0 Å². The van der Waals surface area contributed by atoms with Gasteiger partial charge in [0.15, 0.2) is 0 Å². The highest BCUT2D eigenvalue weighted by atomic mass is 16.3. The predicted molar refractivity (Wildman–Crippen MR) is 80.8 cm³/mol. The summed E-state index contributed by atoms with van der Waals surface area (Å²) >= 11 is 0. The molecule has 0 saturated heterocycles. The maximum Gasteiger partial charge on any atom is 0.106 e. The number of hydrogen-bond acceptors (Lipinski definition) is 2. The third-order valence-electron chi connectivity index (χ3n) is 4.08. The van der Waals surface area contributed by atoms with Crippen LogP contribution in [-0.4, -0.2) is 35.2 Å². The molecule has 0 aliphatic heterocycles. The van der Waals surface area contributed by atoms with Gasteiger partial charge < -0.3 is 10.0 Å². The van der Waals surface area contributed by atoms with Crippen LogP contribution >= 0.6 is 0 Å². The van der Waals surface area contributed by atoms with Crippen LogP contribution in [0.2, 0.25) is 0 Å². The molecule has 18 heavy (non-hydrogen) atoms. The molecule has 0 spiro atoms. The zero-order chi connectivity index (χ0) is 14.2. The summed E-state index contributed by atoms with van der Waals surface area (Å²) in [5, 5.41) is 10.9. The smallest absolute Gasteiger partial charge is 0.106 e.